The summed E-state index contributed by atoms with van der Waals surface area (Å²) in [7, 11) is 0. The van der Waals surface area contributed by atoms with Crippen LogP contribution in [0.2, 0.25) is 0 Å². The summed E-state index contributed by atoms with van der Waals surface area (Å²) in [6.07, 6.45) is 4.38. The molecule has 0 aromatic carbocycles. The molecule has 0 amide bonds. The van der Waals surface area contributed by atoms with Gasteiger partial charge in [-0.15, -0.1) is 0 Å². The number of halogens is 1. The number of ketones is 2. The van der Waals surface area contributed by atoms with E-state index < -0.39 is 58.4 Å². The van der Waals surface area contributed by atoms with Crippen LogP contribution in [0.1, 0.15) is 59.8 Å². The van der Waals surface area contributed by atoms with Gasteiger partial charge in [0.25, 0.3) is 0 Å². The molecule has 176 valence electrons. The van der Waals surface area contributed by atoms with Gasteiger partial charge in [0.15, 0.2) is 17.1 Å². The molecule has 0 aliphatic heterocycles. The van der Waals surface area contributed by atoms with Crippen molar-refractivity contribution in [2.45, 2.75) is 77.2 Å². The smallest absolute Gasteiger partial charge is 0.306 e. The molecule has 0 bridgehead atoms. The summed E-state index contributed by atoms with van der Waals surface area (Å²) in [6, 6.07) is 0. The summed E-state index contributed by atoms with van der Waals surface area (Å²) in [5.74, 6) is -2.69. The van der Waals surface area contributed by atoms with E-state index in [4.69, 9.17) is 4.74 Å². The lowest BCUT2D eigenvalue weighted by atomic mass is 9.44. The van der Waals surface area contributed by atoms with Crippen LogP contribution in [0.3, 0.4) is 0 Å². The Morgan fingerprint density at radius 1 is 1.28 bits per heavy atom. The van der Waals surface area contributed by atoms with Gasteiger partial charge in [-0.05, 0) is 50.7 Å². The second-order valence-electron chi connectivity index (χ2n) is 10.5. The van der Waals surface area contributed by atoms with E-state index in [1.807, 2.05) is 0 Å². The first-order chi connectivity index (χ1) is 14.9. The van der Waals surface area contributed by atoms with Crippen molar-refractivity contribution in [3.05, 3.63) is 23.8 Å². The zero-order valence-electron chi connectivity index (χ0n) is 19.2. The van der Waals surface area contributed by atoms with Crippen molar-refractivity contribution < 1.29 is 33.7 Å². The molecule has 3 fully saturated rings. The first kappa shape index (κ1) is 23.3. The minimum absolute atomic E-state index is 0.0675. The van der Waals surface area contributed by atoms with Crippen molar-refractivity contribution in [1.29, 1.82) is 0 Å². The molecule has 4 aliphatic carbocycles. The number of allylic oxidation sites excluding steroid dienone is 4. The fourth-order valence-corrected chi connectivity index (χ4v) is 7.77. The molecule has 0 spiro atoms. The highest BCUT2D eigenvalue weighted by atomic mass is 19.1. The van der Waals surface area contributed by atoms with Gasteiger partial charge in [0.2, 0.25) is 5.78 Å². The molecule has 0 heterocycles. The van der Waals surface area contributed by atoms with E-state index in [0.717, 1.165) is 0 Å². The average Bonchev–Trinajstić information content (AvgIpc) is 2.96. The lowest BCUT2D eigenvalue weighted by Gasteiger charge is -2.62. The molecular weight excluding hydrogens is 415 g/mol. The van der Waals surface area contributed by atoms with Crippen LogP contribution in [0, 0.1) is 28.6 Å². The third-order valence-corrected chi connectivity index (χ3v) is 9.30. The Labute approximate surface area is 187 Å². The van der Waals surface area contributed by atoms with Gasteiger partial charge in [-0.1, -0.05) is 32.4 Å². The maximum absolute atomic E-state index is 17.2. The monoisotopic (exact) mass is 448 g/mol. The number of aliphatic hydroxyl groups excluding tert-OH is 2. The summed E-state index contributed by atoms with van der Waals surface area (Å²) in [5, 5.41) is 21.2. The van der Waals surface area contributed by atoms with Crippen LogP contribution in [0.5, 0.6) is 0 Å². The number of hydrogen-bond acceptors (Lipinski definition) is 6. The molecule has 4 aliphatic rings. The molecule has 0 aromatic rings. The SMILES string of the molecule is CCC(=O)O[C@]1(C(=O)CO)[C@H](C)C[C@@H]2[C@@H]3CCC4=CC(=O)C=C[C@]4(C)[C@@]3(F)[C@@H](O)C[C@@]21C. The van der Waals surface area contributed by atoms with Crippen molar-refractivity contribution in [2.24, 2.45) is 28.6 Å². The minimum atomic E-state index is -2.02. The fraction of sp³-hybridized carbons (Fsp3) is 0.720. The van der Waals surface area contributed by atoms with Crippen molar-refractivity contribution in [2.75, 3.05) is 6.61 Å². The maximum Gasteiger partial charge on any atom is 0.306 e. The Bertz CT molecular complexity index is 925. The molecule has 0 saturated heterocycles. The Hall–Kier alpha value is -1.86. The molecule has 32 heavy (non-hydrogen) atoms. The van der Waals surface area contributed by atoms with Gasteiger partial charge in [-0.25, -0.2) is 4.39 Å². The van der Waals surface area contributed by atoms with E-state index >= 15 is 4.39 Å². The lowest BCUT2D eigenvalue weighted by Crippen LogP contribution is -2.70. The van der Waals surface area contributed by atoms with Crippen molar-refractivity contribution in [3.8, 4) is 0 Å². The average molecular weight is 449 g/mol. The second kappa shape index (κ2) is 7.32. The molecule has 6 nitrogen and oxygen atoms in total. The van der Waals surface area contributed by atoms with E-state index in [2.05, 4.69) is 0 Å². The van der Waals surface area contributed by atoms with Crippen molar-refractivity contribution in [3.63, 3.8) is 0 Å². The zero-order chi connectivity index (χ0) is 23.7. The number of carbonyl (C=O) groups excluding carboxylic acids is 3. The number of alkyl halides is 1. The standard InChI is InChI=1S/C25H33FO6/c1-5-21(31)32-25(20(30)13-27)14(2)10-18-17-7-6-15-11-16(28)8-9-22(15,3)24(17,26)19(29)12-23(18,25)4/h8-9,11,14,17-19,27,29H,5-7,10,12-13H2,1-4H3/t14-,17+,18-,19+,22+,23+,24+,25+/m1/s1. The van der Waals surface area contributed by atoms with Gasteiger partial charge in [0, 0.05) is 29.1 Å². The summed E-state index contributed by atoms with van der Waals surface area (Å²) in [4.78, 5) is 37.5. The first-order valence-corrected chi connectivity index (χ1v) is 11.6. The van der Waals surface area contributed by atoms with E-state index in [9.17, 15) is 24.6 Å². The molecule has 0 aromatic heterocycles. The largest absolute Gasteiger partial charge is 0.450 e. The molecule has 0 unspecified atom stereocenters. The Morgan fingerprint density at radius 2 is 1.97 bits per heavy atom. The fourth-order valence-electron chi connectivity index (χ4n) is 7.77. The number of hydrogen-bond donors (Lipinski definition) is 2. The molecule has 7 heteroatoms. The number of aliphatic hydroxyl groups is 2. The number of Topliss-reactive ketones (excluding diaryl/α,β-unsaturated/α-hetero) is 1. The lowest BCUT2D eigenvalue weighted by molar-refractivity contribution is -0.228. The molecule has 0 radical (unpaired) electrons. The van der Waals surface area contributed by atoms with Gasteiger partial charge in [-0.3, -0.25) is 14.4 Å². The van der Waals surface area contributed by atoms with Gasteiger partial charge in [0.1, 0.15) is 6.61 Å². The molecular formula is C25H33FO6. The van der Waals surface area contributed by atoms with Crippen molar-refractivity contribution >= 4 is 17.5 Å². The van der Waals surface area contributed by atoms with Gasteiger partial charge in [0.05, 0.1) is 6.10 Å². The van der Waals surface area contributed by atoms with E-state index in [1.54, 1.807) is 33.8 Å². The third kappa shape index (κ3) is 2.61. The highest BCUT2D eigenvalue weighted by Crippen LogP contribution is 2.71. The van der Waals surface area contributed by atoms with Gasteiger partial charge in [-0.2, -0.15) is 0 Å². The van der Waals surface area contributed by atoms with Crippen molar-refractivity contribution in [1.82, 2.24) is 0 Å². The topological polar surface area (TPSA) is 101 Å². The van der Waals surface area contributed by atoms with Gasteiger partial charge >= 0.3 is 5.97 Å². The number of fused-ring (bicyclic) bond motifs is 5. The second-order valence-corrected chi connectivity index (χ2v) is 10.5. The molecule has 2 N–H and O–H groups in total. The Morgan fingerprint density at radius 3 is 2.59 bits per heavy atom. The summed E-state index contributed by atoms with van der Waals surface area (Å²) in [5.41, 5.74) is -5.10. The van der Waals surface area contributed by atoms with E-state index in [1.165, 1.54) is 12.2 Å². The molecule has 3 saturated carbocycles. The first-order valence-electron chi connectivity index (χ1n) is 11.6. The minimum Gasteiger partial charge on any atom is -0.450 e. The Balaban J connectivity index is 1.85. The maximum atomic E-state index is 17.2. The van der Waals surface area contributed by atoms with Gasteiger partial charge < -0.3 is 14.9 Å². The van der Waals surface area contributed by atoms with E-state index in [-0.39, 0.29) is 24.5 Å². The van der Waals surface area contributed by atoms with Crippen LogP contribution >= 0.6 is 0 Å². The molecule has 8 atom stereocenters. The number of rotatable bonds is 4. The zero-order valence-corrected chi connectivity index (χ0v) is 19.2. The van der Waals surface area contributed by atoms with E-state index in [0.29, 0.717) is 24.8 Å². The number of carbonyl (C=O) groups is 3. The predicted octanol–water partition coefficient (Wildman–Crippen LogP) is 2.86. The molecule has 4 rings (SSSR count). The normalized spacial score (nSPS) is 47.2. The van der Waals surface area contributed by atoms with Crippen LogP contribution in [0.25, 0.3) is 0 Å². The summed E-state index contributed by atoms with van der Waals surface area (Å²) < 4.78 is 23.0. The Kier molecular flexibility index (Phi) is 5.33. The number of ether oxygens (including phenoxy) is 1. The summed E-state index contributed by atoms with van der Waals surface area (Å²) >= 11 is 0. The highest BCUT2D eigenvalue weighted by molar-refractivity contribution is 6.01. The summed E-state index contributed by atoms with van der Waals surface area (Å²) in [6.45, 7) is 6.19. The van der Waals surface area contributed by atoms with Crippen LogP contribution in [-0.4, -0.2) is 51.7 Å². The third-order valence-electron chi connectivity index (χ3n) is 9.30. The number of esters is 1. The predicted molar refractivity (Wildman–Crippen MR) is 114 cm³/mol. The quantitative estimate of drug-likeness (QED) is 0.642. The highest BCUT2D eigenvalue weighted by Gasteiger charge is 2.77. The van der Waals surface area contributed by atoms with Crippen LogP contribution in [-0.2, 0) is 19.1 Å². The van der Waals surface area contributed by atoms with Crippen LogP contribution in [0.15, 0.2) is 23.8 Å². The van der Waals surface area contributed by atoms with Crippen LogP contribution in [0.4, 0.5) is 4.39 Å². The van der Waals surface area contributed by atoms with Crippen LogP contribution < -0.4 is 0 Å².